The van der Waals surface area contributed by atoms with Crippen LogP contribution in [0.3, 0.4) is 0 Å². The van der Waals surface area contributed by atoms with Crippen LogP contribution in [-0.2, 0) is 14.2 Å². The van der Waals surface area contributed by atoms with E-state index in [0.717, 1.165) is 28.9 Å². The second kappa shape index (κ2) is 8.34. The molecule has 2 aliphatic heterocycles. The summed E-state index contributed by atoms with van der Waals surface area (Å²) < 4.78 is 19.0. The molecular weight excluding hydrogens is 508 g/mol. The van der Waals surface area contributed by atoms with Crippen LogP contribution in [0.5, 0.6) is 0 Å². The Morgan fingerprint density at radius 1 is 1.20 bits per heavy atom. The molecule has 7 rings (SSSR count). The number of ether oxygens (including phenoxy) is 3. The van der Waals surface area contributed by atoms with Crippen molar-refractivity contribution >= 4 is 17.5 Å². The molecule has 9 atom stereocenters. The molecule has 2 bridgehead atoms. The number of carbonyl (C=O) groups is 1. The lowest BCUT2D eigenvalue weighted by molar-refractivity contribution is -0.311. The van der Waals surface area contributed by atoms with Crippen molar-refractivity contribution in [1.82, 2.24) is 0 Å². The Kier molecular flexibility index (Phi) is 5.53. The van der Waals surface area contributed by atoms with Crippen molar-refractivity contribution in [3.8, 4) is 0 Å². The van der Waals surface area contributed by atoms with Gasteiger partial charge >= 0.3 is 6.09 Å². The number of hydrogen-bond acceptors (Lipinski definition) is 7. The fourth-order valence-electron chi connectivity index (χ4n) is 9.24. The fraction of sp³-hybridized carbons (Fsp3) is 0.656. The van der Waals surface area contributed by atoms with Crippen molar-refractivity contribution in [2.45, 2.75) is 77.7 Å². The van der Waals surface area contributed by atoms with Crippen LogP contribution in [0.2, 0.25) is 0 Å². The van der Waals surface area contributed by atoms with Crippen LogP contribution in [-0.4, -0.2) is 65.7 Å². The molecule has 2 heterocycles. The smallest absolute Gasteiger partial charge is 0.415 e. The van der Waals surface area contributed by atoms with E-state index in [2.05, 4.69) is 32.2 Å². The van der Waals surface area contributed by atoms with Crippen LogP contribution in [0.1, 0.15) is 48.0 Å². The van der Waals surface area contributed by atoms with Crippen molar-refractivity contribution < 1.29 is 29.2 Å². The van der Waals surface area contributed by atoms with Crippen molar-refractivity contribution in [2.75, 3.05) is 29.9 Å². The Morgan fingerprint density at radius 2 is 1.95 bits per heavy atom. The number of aliphatic hydroxyl groups is 2. The molecular formula is C32H42N2O6. The van der Waals surface area contributed by atoms with E-state index < -0.39 is 41.2 Å². The fourth-order valence-corrected chi connectivity index (χ4v) is 9.24. The van der Waals surface area contributed by atoms with Gasteiger partial charge in [0, 0.05) is 19.0 Å². The molecule has 1 aromatic rings. The molecule has 1 unspecified atom stereocenters. The molecule has 40 heavy (non-hydrogen) atoms. The molecule has 4 aliphatic carbocycles. The largest absolute Gasteiger partial charge is 0.438 e. The Morgan fingerprint density at radius 3 is 2.73 bits per heavy atom. The number of anilines is 2. The van der Waals surface area contributed by atoms with Gasteiger partial charge in [0.2, 0.25) is 0 Å². The summed E-state index contributed by atoms with van der Waals surface area (Å²) in [5.74, 6) is -0.460. The molecule has 0 radical (unpaired) electrons. The van der Waals surface area contributed by atoms with E-state index in [0.29, 0.717) is 24.9 Å². The summed E-state index contributed by atoms with van der Waals surface area (Å²) in [6.45, 7) is 13.6. The molecule has 8 nitrogen and oxygen atoms in total. The summed E-state index contributed by atoms with van der Waals surface area (Å²) in [6.07, 6.45) is 1.84. The van der Waals surface area contributed by atoms with Gasteiger partial charge in [-0.2, -0.15) is 0 Å². The molecule has 0 aromatic heterocycles. The highest BCUT2D eigenvalue weighted by molar-refractivity contribution is 5.93. The maximum atomic E-state index is 13.9. The first kappa shape index (κ1) is 26.5. The topological polar surface area (TPSA) is 100 Å². The van der Waals surface area contributed by atoms with E-state index in [1.54, 1.807) is 4.90 Å². The van der Waals surface area contributed by atoms with Crippen molar-refractivity contribution in [3.05, 3.63) is 47.6 Å². The minimum atomic E-state index is -1.72. The summed E-state index contributed by atoms with van der Waals surface area (Å²) in [5.41, 5.74) is 0.495. The Labute approximate surface area is 236 Å². The average molecular weight is 551 g/mol. The first-order chi connectivity index (χ1) is 18.8. The van der Waals surface area contributed by atoms with E-state index in [1.807, 2.05) is 51.1 Å². The highest BCUT2D eigenvalue weighted by Crippen LogP contribution is 2.73. The number of aliphatic hydroxyl groups excluding tert-OH is 1. The zero-order chi connectivity index (χ0) is 28.4. The van der Waals surface area contributed by atoms with E-state index >= 15 is 0 Å². The minimum absolute atomic E-state index is 0.0763. The number of para-hydroxylation sites is 2. The number of nitrogens with zero attached hydrogens (tertiary/aromatic N) is 1. The second-order valence-corrected chi connectivity index (χ2v) is 14.0. The Bertz CT molecular complexity index is 1320. The molecule has 1 saturated heterocycles. The molecule has 1 aromatic carbocycles. The quantitative estimate of drug-likeness (QED) is 0.443. The maximum absolute atomic E-state index is 13.9. The number of carbonyl (C=O) groups excluding carboxylic acids is 1. The predicted octanol–water partition coefficient (Wildman–Crippen LogP) is 4.48. The second-order valence-electron chi connectivity index (χ2n) is 14.0. The summed E-state index contributed by atoms with van der Waals surface area (Å²) in [7, 11) is 0. The Balaban J connectivity index is 1.34. The molecule has 1 amide bonds. The number of rotatable bonds is 1. The minimum Gasteiger partial charge on any atom is -0.438 e. The van der Waals surface area contributed by atoms with Gasteiger partial charge < -0.3 is 29.7 Å². The first-order valence-electron chi connectivity index (χ1n) is 14.8. The lowest BCUT2D eigenvalue weighted by atomic mass is 9.58. The summed E-state index contributed by atoms with van der Waals surface area (Å²) in [5, 5.41) is 29.0. The van der Waals surface area contributed by atoms with Gasteiger partial charge in [0.15, 0.2) is 11.9 Å². The molecule has 2 saturated carbocycles. The van der Waals surface area contributed by atoms with Crippen LogP contribution >= 0.6 is 0 Å². The van der Waals surface area contributed by atoms with Crippen molar-refractivity contribution in [1.29, 1.82) is 0 Å². The van der Waals surface area contributed by atoms with Gasteiger partial charge in [-0.25, -0.2) is 4.79 Å². The lowest BCUT2D eigenvalue weighted by Crippen LogP contribution is -2.69. The zero-order valence-electron chi connectivity index (χ0n) is 24.3. The van der Waals surface area contributed by atoms with Crippen molar-refractivity contribution in [2.24, 2.45) is 34.5 Å². The van der Waals surface area contributed by atoms with Gasteiger partial charge in [-0.15, -0.1) is 0 Å². The van der Waals surface area contributed by atoms with Gasteiger partial charge in [0.1, 0.15) is 11.7 Å². The third-order valence-corrected chi connectivity index (χ3v) is 11.2. The summed E-state index contributed by atoms with van der Waals surface area (Å²) in [6, 6.07) is 7.65. The third-order valence-electron chi connectivity index (χ3n) is 11.2. The molecule has 3 fully saturated rings. The van der Waals surface area contributed by atoms with Gasteiger partial charge in [0.05, 0.1) is 29.5 Å². The van der Waals surface area contributed by atoms with Gasteiger partial charge in [-0.3, -0.25) is 4.90 Å². The predicted molar refractivity (Wildman–Crippen MR) is 151 cm³/mol. The van der Waals surface area contributed by atoms with Crippen LogP contribution < -0.4 is 10.2 Å². The highest BCUT2D eigenvalue weighted by Gasteiger charge is 2.77. The Hall–Kier alpha value is -2.39. The van der Waals surface area contributed by atoms with Crippen LogP contribution in [0.25, 0.3) is 0 Å². The number of amides is 1. The molecule has 1 spiro atoms. The van der Waals surface area contributed by atoms with E-state index in [1.165, 1.54) is 0 Å². The normalized spacial score (nSPS) is 43.8. The van der Waals surface area contributed by atoms with Crippen LogP contribution in [0.4, 0.5) is 16.2 Å². The number of hydrogen-bond donors (Lipinski definition) is 3. The van der Waals surface area contributed by atoms with Crippen LogP contribution in [0, 0.1) is 34.5 Å². The standard InChI is InChI=1S/C32H42N2O6/c1-17-15-31-18(2)13-21-24(29(21,3)4)20(25(31)35)14-19-16-38-30(5,6)40-27(19)32(31,37)26(17)39-28(36)34-12-11-33-22-9-7-8-10-23(22)34/h7-10,14-15,18,20-21,24-27,33,35,37H,11-13,16H2,1-6H3/t18-,20+,21-,24+,25?,26+,27-,31+,32-/m1/s1. The zero-order valence-corrected chi connectivity index (χ0v) is 24.3. The molecule has 3 N–H and O–H groups in total. The molecule has 8 heteroatoms. The van der Waals surface area contributed by atoms with Crippen LogP contribution in [0.15, 0.2) is 47.6 Å². The number of nitrogens with one attached hydrogen (secondary N) is 1. The monoisotopic (exact) mass is 550 g/mol. The maximum Gasteiger partial charge on any atom is 0.415 e. The van der Waals surface area contributed by atoms with Gasteiger partial charge in [-0.05, 0) is 73.6 Å². The molecule has 216 valence electrons. The number of fused-ring (bicyclic) bond motifs is 6. The first-order valence-corrected chi connectivity index (χ1v) is 14.8. The van der Waals surface area contributed by atoms with E-state index in [9.17, 15) is 15.0 Å². The SMILES string of the molecule is CC1=C[C@]23C(O)[C@@H](C=C4COC(C)(C)O[C@H]4[C@]2(O)[C@H]1OC(=O)N1CCNc2ccccc21)[C@H]1[C@@H](C[C@H]3C)C1(C)C. The van der Waals surface area contributed by atoms with E-state index in [-0.39, 0.29) is 23.9 Å². The average Bonchev–Trinajstić information content (AvgIpc) is 3.40. The summed E-state index contributed by atoms with van der Waals surface area (Å²) in [4.78, 5) is 15.5. The van der Waals surface area contributed by atoms with Crippen molar-refractivity contribution in [3.63, 3.8) is 0 Å². The number of benzene rings is 1. The van der Waals surface area contributed by atoms with E-state index in [4.69, 9.17) is 14.2 Å². The highest BCUT2D eigenvalue weighted by atomic mass is 16.7. The molecule has 6 aliphatic rings. The lowest BCUT2D eigenvalue weighted by Gasteiger charge is -2.55. The third kappa shape index (κ3) is 3.30. The van der Waals surface area contributed by atoms with Gasteiger partial charge in [0.25, 0.3) is 0 Å². The van der Waals surface area contributed by atoms with Gasteiger partial charge in [-0.1, -0.05) is 45.1 Å². The summed E-state index contributed by atoms with van der Waals surface area (Å²) >= 11 is 0.